The number of halogens is 4. The maximum absolute atomic E-state index is 13.2. The number of rotatable bonds is 6. The number of benzene rings is 2. The van der Waals surface area contributed by atoms with Crippen molar-refractivity contribution in [2.45, 2.75) is 50.6 Å². The predicted molar refractivity (Wildman–Crippen MR) is 113 cm³/mol. The van der Waals surface area contributed by atoms with E-state index in [1.54, 1.807) is 18.2 Å². The van der Waals surface area contributed by atoms with Gasteiger partial charge in [-0.05, 0) is 61.6 Å². The van der Waals surface area contributed by atoms with E-state index in [0.717, 1.165) is 12.1 Å². The number of alkyl halides is 3. The van der Waals surface area contributed by atoms with Gasteiger partial charge in [0.05, 0.1) is 29.4 Å². The van der Waals surface area contributed by atoms with Crippen molar-refractivity contribution < 1.29 is 27.8 Å². The molecule has 3 N–H and O–H groups in total. The molecule has 0 aliphatic heterocycles. The van der Waals surface area contributed by atoms with Gasteiger partial charge in [0, 0.05) is 18.3 Å². The van der Waals surface area contributed by atoms with Crippen LogP contribution in [0.5, 0.6) is 5.75 Å². The molecule has 2 aromatic rings. The first-order chi connectivity index (χ1) is 14.7. The molecule has 0 aromatic heterocycles. The Kier molecular flexibility index (Phi) is 7.33. The molecule has 0 atom stereocenters. The van der Waals surface area contributed by atoms with E-state index in [1.807, 2.05) is 0 Å². The Morgan fingerprint density at radius 3 is 2.48 bits per heavy atom. The van der Waals surface area contributed by atoms with Crippen molar-refractivity contribution in [1.82, 2.24) is 5.32 Å². The van der Waals surface area contributed by atoms with Crippen LogP contribution in [0.3, 0.4) is 0 Å². The lowest BCUT2D eigenvalue weighted by molar-refractivity contribution is -0.137. The molecule has 1 amide bonds. The summed E-state index contributed by atoms with van der Waals surface area (Å²) in [4.78, 5) is 12.8. The highest BCUT2D eigenvalue weighted by atomic mass is 35.5. The SMILES string of the molecule is COc1ccc(CNC(=O)c2cc(C(F)(F)F)ccc2N[C@H]2CC[C@@H](O)CC2)cc1Cl. The quantitative estimate of drug-likeness (QED) is 0.571. The molecular weight excluding hydrogens is 433 g/mol. The zero-order chi connectivity index (χ0) is 22.6. The van der Waals surface area contributed by atoms with E-state index in [2.05, 4.69) is 10.6 Å². The highest BCUT2D eigenvalue weighted by Gasteiger charge is 2.32. The van der Waals surface area contributed by atoms with Crippen LogP contribution < -0.4 is 15.4 Å². The number of amides is 1. The van der Waals surface area contributed by atoms with Gasteiger partial charge in [-0.3, -0.25) is 4.79 Å². The van der Waals surface area contributed by atoms with Crippen molar-refractivity contribution in [1.29, 1.82) is 0 Å². The number of methoxy groups -OCH3 is 1. The maximum atomic E-state index is 13.2. The lowest BCUT2D eigenvalue weighted by Gasteiger charge is -2.28. The number of hydrogen-bond donors (Lipinski definition) is 3. The van der Waals surface area contributed by atoms with Gasteiger partial charge in [0.25, 0.3) is 5.91 Å². The Morgan fingerprint density at radius 2 is 1.87 bits per heavy atom. The Morgan fingerprint density at radius 1 is 1.16 bits per heavy atom. The lowest BCUT2D eigenvalue weighted by Crippen LogP contribution is -2.30. The second-order valence-corrected chi connectivity index (χ2v) is 7.97. The van der Waals surface area contributed by atoms with E-state index in [0.29, 0.717) is 47.7 Å². The average molecular weight is 457 g/mol. The van der Waals surface area contributed by atoms with Gasteiger partial charge in [-0.25, -0.2) is 0 Å². The van der Waals surface area contributed by atoms with Crippen LogP contribution >= 0.6 is 11.6 Å². The van der Waals surface area contributed by atoms with Gasteiger partial charge in [-0.2, -0.15) is 13.2 Å². The Labute approximate surface area is 183 Å². The van der Waals surface area contributed by atoms with Crippen molar-refractivity contribution in [2.75, 3.05) is 12.4 Å². The van der Waals surface area contributed by atoms with Crippen molar-refractivity contribution >= 4 is 23.2 Å². The first-order valence-electron chi connectivity index (χ1n) is 9.94. The van der Waals surface area contributed by atoms with Crippen LogP contribution in [0, 0.1) is 0 Å². The largest absolute Gasteiger partial charge is 0.495 e. The number of ether oxygens (including phenoxy) is 1. The number of carbonyl (C=O) groups is 1. The minimum absolute atomic E-state index is 0.0212. The van der Waals surface area contributed by atoms with Gasteiger partial charge in [-0.1, -0.05) is 17.7 Å². The monoisotopic (exact) mass is 456 g/mol. The zero-order valence-electron chi connectivity index (χ0n) is 16.9. The van der Waals surface area contributed by atoms with Crippen LogP contribution in [0.4, 0.5) is 18.9 Å². The fraction of sp³-hybridized carbons (Fsp3) is 0.409. The molecule has 0 radical (unpaired) electrons. The summed E-state index contributed by atoms with van der Waals surface area (Å²) < 4.78 is 44.8. The summed E-state index contributed by atoms with van der Waals surface area (Å²) in [7, 11) is 1.48. The van der Waals surface area contributed by atoms with Gasteiger partial charge >= 0.3 is 6.18 Å². The second-order valence-electron chi connectivity index (χ2n) is 7.56. The van der Waals surface area contributed by atoms with Crippen LogP contribution in [0.2, 0.25) is 5.02 Å². The third-order valence-corrected chi connectivity index (χ3v) is 5.61. The number of hydrogen-bond acceptors (Lipinski definition) is 4. The number of carbonyl (C=O) groups excluding carboxylic acids is 1. The van der Waals surface area contributed by atoms with E-state index in [1.165, 1.54) is 13.2 Å². The molecule has 0 bridgehead atoms. The predicted octanol–water partition coefficient (Wildman–Crippen LogP) is 5.01. The minimum atomic E-state index is -4.56. The normalized spacial score (nSPS) is 19.0. The first kappa shape index (κ1) is 23.2. The standard InChI is InChI=1S/C22H24ClF3N2O3/c1-31-20-9-2-13(10-18(20)23)12-27-21(30)17-11-14(22(24,25)26)3-8-19(17)28-15-4-6-16(29)7-5-15/h2-3,8-11,15-16,28-29H,4-7,12H2,1H3,(H,27,30)/t15-,16+. The molecular formula is C22H24ClF3N2O3. The van der Waals surface area contributed by atoms with Crippen LogP contribution in [0.25, 0.3) is 0 Å². The van der Waals surface area contributed by atoms with Crippen molar-refractivity contribution in [3.8, 4) is 5.75 Å². The van der Waals surface area contributed by atoms with Gasteiger partial charge in [0.15, 0.2) is 0 Å². The van der Waals surface area contributed by atoms with Gasteiger partial charge < -0.3 is 20.5 Å². The van der Waals surface area contributed by atoms with Crippen LogP contribution in [-0.4, -0.2) is 30.3 Å². The smallest absolute Gasteiger partial charge is 0.416 e. The van der Waals surface area contributed by atoms with Crippen LogP contribution in [0.15, 0.2) is 36.4 Å². The zero-order valence-corrected chi connectivity index (χ0v) is 17.7. The fourth-order valence-electron chi connectivity index (χ4n) is 3.57. The summed E-state index contributed by atoms with van der Waals surface area (Å²) in [6.07, 6.45) is -2.35. The molecule has 0 spiro atoms. The third kappa shape index (κ3) is 6.04. The van der Waals surface area contributed by atoms with Crippen molar-refractivity contribution in [3.63, 3.8) is 0 Å². The summed E-state index contributed by atoms with van der Waals surface area (Å²) in [5.41, 5.74) is 0.0388. The average Bonchev–Trinajstić information content (AvgIpc) is 2.73. The van der Waals surface area contributed by atoms with E-state index in [-0.39, 0.29) is 24.3 Å². The highest BCUT2D eigenvalue weighted by molar-refractivity contribution is 6.32. The maximum Gasteiger partial charge on any atom is 0.416 e. The molecule has 1 aliphatic rings. The molecule has 31 heavy (non-hydrogen) atoms. The Bertz CT molecular complexity index is 929. The molecule has 1 aliphatic carbocycles. The summed E-state index contributed by atoms with van der Waals surface area (Å²) in [5, 5.41) is 15.9. The molecule has 0 heterocycles. The van der Waals surface area contributed by atoms with E-state index < -0.39 is 17.6 Å². The van der Waals surface area contributed by atoms with E-state index >= 15 is 0 Å². The van der Waals surface area contributed by atoms with Gasteiger partial charge in [0.2, 0.25) is 0 Å². The molecule has 168 valence electrons. The van der Waals surface area contributed by atoms with Crippen LogP contribution in [-0.2, 0) is 12.7 Å². The molecule has 2 aromatic carbocycles. The Balaban J connectivity index is 1.78. The number of nitrogens with one attached hydrogen (secondary N) is 2. The summed E-state index contributed by atoms with van der Waals surface area (Å²) >= 11 is 6.09. The summed E-state index contributed by atoms with van der Waals surface area (Å²) in [6.45, 7) is 0.0911. The topological polar surface area (TPSA) is 70.6 Å². The molecule has 5 nitrogen and oxygen atoms in total. The Hall–Kier alpha value is -2.45. The molecule has 0 unspecified atom stereocenters. The molecule has 1 fully saturated rings. The fourth-order valence-corrected chi connectivity index (χ4v) is 3.85. The van der Waals surface area contributed by atoms with Crippen LogP contribution in [0.1, 0.15) is 47.2 Å². The third-order valence-electron chi connectivity index (χ3n) is 5.32. The number of aliphatic hydroxyl groups is 1. The molecule has 0 saturated heterocycles. The lowest BCUT2D eigenvalue weighted by atomic mass is 9.92. The van der Waals surface area contributed by atoms with Crippen molar-refractivity contribution in [3.05, 3.63) is 58.1 Å². The summed E-state index contributed by atoms with van der Waals surface area (Å²) in [6, 6.07) is 8.07. The van der Waals surface area contributed by atoms with Gasteiger partial charge in [0.1, 0.15) is 5.75 Å². The second kappa shape index (κ2) is 9.78. The minimum Gasteiger partial charge on any atom is -0.495 e. The molecule has 9 heteroatoms. The number of aliphatic hydroxyl groups excluding tert-OH is 1. The van der Waals surface area contributed by atoms with Crippen molar-refractivity contribution in [2.24, 2.45) is 0 Å². The van der Waals surface area contributed by atoms with E-state index in [4.69, 9.17) is 16.3 Å². The summed E-state index contributed by atoms with van der Waals surface area (Å²) in [5.74, 6) is -0.143. The van der Waals surface area contributed by atoms with E-state index in [9.17, 15) is 23.1 Å². The highest BCUT2D eigenvalue weighted by Crippen LogP contribution is 2.33. The molecule has 3 rings (SSSR count). The first-order valence-corrected chi connectivity index (χ1v) is 10.3. The van der Waals surface area contributed by atoms with Gasteiger partial charge in [-0.15, -0.1) is 0 Å². The molecule has 1 saturated carbocycles. The number of anilines is 1.